The maximum absolute atomic E-state index is 14.1. The molecule has 4 rings (SSSR count). The molecule has 3 aromatic carbocycles. The van der Waals surface area contributed by atoms with E-state index < -0.39 is 11.6 Å². The van der Waals surface area contributed by atoms with Gasteiger partial charge >= 0.3 is 5.97 Å². The largest absolute Gasteiger partial charge is 0.489 e. The summed E-state index contributed by atoms with van der Waals surface area (Å²) < 4.78 is 27.8. The van der Waals surface area contributed by atoms with Crippen molar-refractivity contribution < 1.29 is 23.8 Å². The molecule has 1 heterocycles. The number of aryl methyl sites for hydroxylation is 1. The zero-order chi connectivity index (χ0) is 26.0. The molecule has 6 heteroatoms. The van der Waals surface area contributed by atoms with Gasteiger partial charge < -0.3 is 19.1 Å². The van der Waals surface area contributed by atoms with E-state index in [2.05, 4.69) is 18.4 Å². The molecule has 1 atom stereocenters. The highest BCUT2D eigenvalue weighted by Gasteiger charge is 2.36. The maximum atomic E-state index is 14.1. The minimum atomic E-state index is -1.41. The van der Waals surface area contributed by atoms with Gasteiger partial charge in [-0.2, -0.15) is 0 Å². The van der Waals surface area contributed by atoms with Crippen LogP contribution in [0.4, 0.5) is 4.39 Å². The van der Waals surface area contributed by atoms with E-state index in [0.29, 0.717) is 17.9 Å². The molecule has 0 aliphatic rings. The maximum Gasteiger partial charge on any atom is 0.336 e. The van der Waals surface area contributed by atoms with Gasteiger partial charge in [-0.15, -0.1) is 0 Å². The molecule has 188 valence electrons. The monoisotopic (exact) mass is 489 g/mol. The van der Waals surface area contributed by atoms with Crippen LogP contribution in [0.25, 0.3) is 16.6 Å². The average Bonchev–Trinajstić information content (AvgIpc) is 3.18. The summed E-state index contributed by atoms with van der Waals surface area (Å²) in [5.74, 6) is -0.559. The average molecular weight is 490 g/mol. The number of methoxy groups -OCH3 is 1. The Hall–Kier alpha value is -3.64. The van der Waals surface area contributed by atoms with Crippen molar-refractivity contribution in [3.63, 3.8) is 0 Å². The lowest BCUT2D eigenvalue weighted by molar-refractivity contribution is -0.159. The van der Waals surface area contributed by atoms with Crippen LogP contribution in [0.3, 0.4) is 0 Å². The minimum absolute atomic E-state index is 0.0568. The molecule has 4 aromatic rings. The van der Waals surface area contributed by atoms with Gasteiger partial charge in [0.05, 0.1) is 5.52 Å². The quantitative estimate of drug-likeness (QED) is 0.280. The summed E-state index contributed by atoms with van der Waals surface area (Å²) in [5, 5.41) is 10.8. The summed E-state index contributed by atoms with van der Waals surface area (Å²) in [6, 6.07) is 20.8. The third-order valence-electron chi connectivity index (χ3n) is 6.70. The van der Waals surface area contributed by atoms with Crippen molar-refractivity contribution in [2.24, 2.45) is 0 Å². The summed E-state index contributed by atoms with van der Waals surface area (Å²) in [5.41, 5.74) is 3.73. The summed E-state index contributed by atoms with van der Waals surface area (Å²) in [6.07, 6.45) is 0.165. The van der Waals surface area contributed by atoms with Crippen molar-refractivity contribution in [2.45, 2.75) is 52.2 Å². The molecule has 0 aliphatic carbocycles. The van der Waals surface area contributed by atoms with Crippen molar-refractivity contribution >= 4 is 16.9 Å². The Kier molecular flexibility index (Phi) is 7.18. The molecule has 1 aromatic heterocycles. The van der Waals surface area contributed by atoms with Gasteiger partial charge in [0.25, 0.3) is 0 Å². The SMILES string of the molecule is COC(C)(Cc1c(C(C)C)n(-c2ccc(F)c(C)c2)c2ccc(OCc3ccccc3)cc12)C(=O)O. The minimum Gasteiger partial charge on any atom is -0.489 e. The molecule has 0 amide bonds. The molecule has 0 bridgehead atoms. The van der Waals surface area contributed by atoms with E-state index in [1.165, 1.54) is 13.2 Å². The van der Waals surface area contributed by atoms with Crippen molar-refractivity contribution in [3.05, 3.63) is 94.9 Å². The number of ether oxygens (including phenoxy) is 2. The second kappa shape index (κ2) is 10.2. The van der Waals surface area contributed by atoms with Gasteiger partial charge in [0.1, 0.15) is 18.2 Å². The van der Waals surface area contributed by atoms with Gasteiger partial charge in [0.2, 0.25) is 0 Å². The molecule has 36 heavy (non-hydrogen) atoms. The second-order valence-electron chi connectivity index (χ2n) is 9.66. The molecule has 0 saturated heterocycles. The number of carbonyl (C=O) groups is 1. The lowest BCUT2D eigenvalue weighted by Crippen LogP contribution is -2.39. The van der Waals surface area contributed by atoms with E-state index >= 15 is 0 Å². The van der Waals surface area contributed by atoms with Gasteiger partial charge in [-0.05, 0) is 72.9 Å². The summed E-state index contributed by atoms with van der Waals surface area (Å²) in [6.45, 7) is 7.88. The first-order valence-corrected chi connectivity index (χ1v) is 12.0. The first-order valence-electron chi connectivity index (χ1n) is 12.0. The first-order chi connectivity index (χ1) is 17.1. The van der Waals surface area contributed by atoms with E-state index in [9.17, 15) is 14.3 Å². The number of carboxylic acid groups (broad SMARTS) is 1. The zero-order valence-corrected chi connectivity index (χ0v) is 21.3. The van der Waals surface area contributed by atoms with Gasteiger partial charge in [-0.3, -0.25) is 0 Å². The molecule has 0 radical (unpaired) electrons. The van der Waals surface area contributed by atoms with Crippen LogP contribution < -0.4 is 4.74 Å². The molecule has 1 unspecified atom stereocenters. The Bertz CT molecular complexity index is 1390. The highest BCUT2D eigenvalue weighted by molar-refractivity contribution is 5.90. The summed E-state index contributed by atoms with van der Waals surface area (Å²) in [4.78, 5) is 12.2. The number of rotatable bonds is 9. The topological polar surface area (TPSA) is 60.7 Å². The number of nitrogens with zero attached hydrogens (tertiary/aromatic N) is 1. The van der Waals surface area contributed by atoms with Crippen molar-refractivity contribution in [1.29, 1.82) is 0 Å². The number of aliphatic carboxylic acids is 1. The van der Waals surface area contributed by atoms with Gasteiger partial charge in [0.15, 0.2) is 5.60 Å². The molecule has 0 aliphatic heterocycles. The number of fused-ring (bicyclic) bond motifs is 1. The third kappa shape index (κ3) is 4.86. The van der Waals surface area contributed by atoms with Gasteiger partial charge in [-0.25, -0.2) is 9.18 Å². The molecule has 5 nitrogen and oxygen atoms in total. The van der Waals surface area contributed by atoms with Crippen LogP contribution in [0.15, 0.2) is 66.7 Å². The number of aromatic nitrogens is 1. The van der Waals surface area contributed by atoms with Crippen LogP contribution in [0.2, 0.25) is 0 Å². The Morgan fingerprint density at radius 1 is 1.08 bits per heavy atom. The van der Waals surface area contributed by atoms with Crippen molar-refractivity contribution in [3.8, 4) is 11.4 Å². The predicted octanol–water partition coefficient (Wildman–Crippen LogP) is 6.81. The van der Waals surface area contributed by atoms with Crippen LogP contribution >= 0.6 is 0 Å². The molecular formula is C30H32FNO4. The molecule has 0 fully saturated rings. The number of hydrogen-bond donors (Lipinski definition) is 1. The molecule has 0 saturated carbocycles. The normalized spacial score (nSPS) is 13.2. The Balaban J connectivity index is 1.92. The van der Waals surface area contributed by atoms with E-state index in [4.69, 9.17) is 9.47 Å². The fourth-order valence-electron chi connectivity index (χ4n) is 4.60. The lowest BCUT2D eigenvalue weighted by Gasteiger charge is -2.24. The zero-order valence-electron chi connectivity index (χ0n) is 21.3. The van der Waals surface area contributed by atoms with E-state index in [1.807, 2.05) is 54.6 Å². The number of carboxylic acids is 1. The van der Waals surface area contributed by atoms with E-state index in [0.717, 1.165) is 33.4 Å². The van der Waals surface area contributed by atoms with Crippen LogP contribution in [-0.4, -0.2) is 28.4 Å². The number of halogens is 1. The van der Waals surface area contributed by atoms with Crippen molar-refractivity contribution in [1.82, 2.24) is 4.57 Å². The van der Waals surface area contributed by atoms with Gasteiger partial charge in [0, 0.05) is 30.3 Å². The molecular weight excluding hydrogens is 457 g/mol. The highest BCUT2D eigenvalue weighted by atomic mass is 19.1. The highest BCUT2D eigenvalue weighted by Crippen LogP contribution is 2.38. The van der Waals surface area contributed by atoms with Crippen molar-refractivity contribution in [2.75, 3.05) is 7.11 Å². The molecule has 1 N–H and O–H groups in total. The Morgan fingerprint density at radius 3 is 2.42 bits per heavy atom. The third-order valence-corrected chi connectivity index (χ3v) is 6.70. The Morgan fingerprint density at radius 2 is 1.81 bits per heavy atom. The summed E-state index contributed by atoms with van der Waals surface area (Å²) in [7, 11) is 1.42. The number of benzene rings is 3. The van der Waals surface area contributed by atoms with Gasteiger partial charge in [-0.1, -0.05) is 44.2 Å². The van der Waals surface area contributed by atoms with Crippen LogP contribution in [0, 0.1) is 12.7 Å². The molecule has 0 spiro atoms. The van der Waals surface area contributed by atoms with E-state index in [-0.39, 0.29) is 18.2 Å². The fourth-order valence-corrected chi connectivity index (χ4v) is 4.60. The number of hydrogen-bond acceptors (Lipinski definition) is 3. The summed E-state index contributed by atoms with van der Waals surface area (Å²) >= 11 is 0. The fraction of sp³-hybridized carbons (Fsp3) is 0.300. The standard InChI is InChI=1S/C30H32FNO4/c1-19(2)28-25(17-30(4,35-5)29(33)34)24-16-23(36-18-21-9-7-6-8-10-21)12-14-27(24)32(28)22-11-13-26(31)20(3)15-22/h6-16,19H,17-18H2,1-5H3,(H,33,34). The van der Waals surface area contributed by atoms with Crippen LogP contribution in [0.5, 0.6) is 5.75 Å². The second-order valence-corrected chi connectivity index (χ2v) is 9.66. The van der Waals surface area contributed by atoms with Crippen LogP contribution in [-0.2, 0) is 22.6 Å². The van der Waals surface area contributed by atoms with Crippen LogP contribution in [0.1, 0.15) is 49.1 Å². The lowest BCUT2D eigenvalue weighted by atomic mass is 9.91. The first kappa shape index (κ1) is 25.5. The Labute approximate surface area is 211 Å². The van der Waals surface area contributed by atoms with E-state index in [1.54, 1.807) is 19.9 Å². The smallest absolute Gasteiger partial charge is 0.336 e. The predicted molar refractivity (Wildman–Crippen MR) is 140 cm³/mol.